The first-order chi connectivity index (χ1) is 8.16. The van der Waals surface area contributed by atoms with Gasteiger partial charge in [-0.25, -0.2) is 4.98 Å². The van der Waals surface area contributed by atoms with Gasteiger partial charge in [0.05, 0.1) is 10.6 Å². The van der Waals surface area contributed by atoms with E-state index in [0.29, 0.717) is 5.56 Å². The lowest BCUT2D eigenvalue weighted by Crippen LogP contribution is -1.93. The molecule has 1 heterocycles. The Morgan fingerprint density at radius 1 is 1.41 bits per heavy atom. The normalized spacial score (nSPS) is 10.9. The lowest BCUT2D eigenvalue weighted by molar-refractivity contribution is 0.104. The molecule has 0 amide bonds. The molecule has 3 nitrogen and oxygen atoms in total. The number of aromatic hydroxyl groups is 1. The van der Waals surface area contributed by atoms with Crippen molar-refractivity contribution in [1.29, 1.82) is 0 Å². The van der Waals surface area contributed by atoms with Crippen molar-refractivity contribution in [2.24, 2.45) is 0 Å². The van der Waals surface area contributed by atoms with Crippen molar-refractivity contribution in [3.8, 4) is 5.75 Å². The van der Waals surface area contributed by atoms with Crippen LogP contribution in [0.15, 0.2) is 36.5 Å². The molecular weight excluding hydrogens is 234 g/mol. The summed E-state index contributed by atoms with van der Waals surface area (Å²) < 4.78 is 0. The molecule has 0 saturated heterocycles. The van der Waals surface area contributed by atoms with E-state index in [4.69, 9.17) is 0 Å². The van der Waals surface area contributed by atoms with E-state index in [1.807, 2.05) is 6.92 Å². The number of hydrogen-bond acceptors (Lipinski definition) is 4. The summed E-state index contributed by atoms with van der Waals surface area (Å²) in [6.45, 7) is 1.91. The molecule has 0 radical (unpaired) electrons. The molecule has 0 aliphatic rings. The fraction of sp³-hybridized carbons (Fsp3) is 0.0769. The predicted octanol–water partition coefficient (Wildman–Crippen LogP) is 3.05. The van der Waals surface area contributed by atoms with Gasteiger partial charge in [-0.15, -0.1) is 11.3 Å². The summed E-state index contributed by atoms with van der Waals surface area (Å²) in [7, 11) is 0. The standard InChI is InChI=1S/C13H11NO2S/c1-9-14-8-10(17-9)6-7-13(16)11-4-2-3-5-12(11)15/h2-8,15H,1H3/b7-6+. The van der Waals surface area contributed by atoms with Crippen LogP contribution in [0.4, 0.5) is 0 Å². The van der Waals surface area contributed by atoms with Crippen molar-refractivity contribution in [1.82, 2.24) is 4.98 Å². The minimum Gasteiger partial charge on any atom is -0.507 e. The number of aromatic nitrogens is 1. The number of ketones is 1. The largest absolute Gasteiger partial charge is 0.507 e. The van der Waals surface area contributed by atoms with E-state index < -0.39 is 0 Å². The molecule has 0 bridgehead atoms. The van der Waals surface area contributed by atoms with Crippen LogP contribution < -0.4 is 0 Å². The summed E-state index contributed by atoms with van der Waals surface area (Å²) in [6, 6.07) is 6.50. The maximum Gasteiger partial charge on any atom is 0.189 e. The number of phenols is 1. The Balaban J connectivity index is 2.17. The van der Waals surface area contributed by atoms with Crippen LogP contribution in [0.5, 0.6) is 5.75 Å². The van der Waals surface area contributed by atoms with Crippen molar-refractivity contribution >= 4 is 23.2 Å². The second-order valence-electron chi connectivity index (χ2n) is 3.50. The zero-order valence-electron chi connectivity index (χ0n) is 9.25. The van der Waals surface area contributed by atoms with E-state index in [9.17, 15) is 9.90 Å². The average molecular weight is 245 g/mol. The van der Waals surface area contributed by atoms with Gasteiger partial charge >= 0.3 is 0 Å². The van der Waals surface area contributed by atoms with Gasteiger partial charge in [0.15, 0.2) is 5.78 Å². The second-order valence-corrected chi connectivity index (χ2v) is 4.76. The topological polar surface area (TPSA) is 50.2 Å². The Morgan fingerprint density at radius 2 is 2.18 bits per heavy atom. The van der Waals surface area contributed by atoms with Gasteiger partial charge in [-0.1, -0.05) is 12.1 Å². The van der Waals surface area contributed by atoms with Gasteiger partial charge < -0.3 is 5.11 Å². The average Bonchev–Trinajstić information content (AvgIpc) is 2.73. The molecule has 4 heteroatoms. The molecule has 0 fully saturated rings. The Morgan fingerprint density at radius 3 is 2.82 bits per heavy atom. The molecule has 1 aromatic heterocycles. The van der Waals surface area contributed by atoms with Gasteiger partial charge in [0.1, 0.15) is 5.75 Å². The number of carbonyl (C=O) groups excluding carboxylic acids is 1. The van der Waals surface area contributed by atoms with Gasteiger partial charge in [-0.3, -0.25) is 4.79 Å². The smallest absolute Gasteiger partial charge is 0.189 e. The van der Waals surface area contributed by atoms with Crippen LogP contribution in [0.25, 0.3) is 6.08 Å². The quantitative estimate of drug-likeness (QED) is 0.668. The highest BCUT2D eigenvalue weighted by atomic mass is 32.1. The van der Waals surface area contributed by atoms with Crippen LogP contribution >= 0.6 is 11.3 Å². The first-order valence-electron chi connectivity index (χ1n) is 5.09. The number of hydrogen-bond donors (Lipinski definition) is 1. The first-order valence-corrected chi connectivity index (χ1v) is 5.91. The van der Waals surface area contributed by atoms with Gasteiger partial charge in [0, 0.05) is 11.1 Å². The molecule has 0 saturated carbocycles. The SMILES string of the molecule is Cc1ncc(/C=C/C(=O)c2ccccc2O)s1. The van der Waals surface area contributed by atoms with E-state index in [1.165, 1.54) is 23.5 Å². The Bertz CT molecular complexity index is 572. The third kappa shape index (κ3) is 2.79. The van der Waals surface area contributed by atoms with Crippen LogP contribution in [0.1, 0.15) is 20.2 Å². The van der Waals surface area contributed by atoms with E-state index in [-0.39, 0.29) is 11.5 Å². The summed E-state index contributed by atoms with van der Waals surface area (Å²) in [6.07, 6.45) is 4.87. The van der Waals surface area contributed by atoms with Crippen molar-refractivity contribution in [2.45, 2.75) is 6.92 Å². The predicted molar refractivity (Wildman–Crippen MR) is 68.3 cm³/mol. The molecular formula is C13H11NO2S. The molecule has 0 aliphatic heterocycles. The van der Waals surface area contributed by atoms with E-state index in [0.717, 1.165) is 9.88 Å². The van der Waals surface area contributed by atoms with E-state index in [2.05, 4.69) is 4.98 Å². The van der Waals surface area contributed by atoms with Crippen molar-refractivity contribution in [3.05, 3.63) is 52.0 Å². The Labute approximate surface area is 103 Å². The van der Waals surface area contributed by atoms with Crippen LogP contribution in [-0.2, 0) is 0 Å². The monoisotopic (exact) mass is 245 g/mol. The molecule has 0 unspecified atom stereocenters. The molecule has 1 aromatic carbocycles. The highest BCUT2D eigenvalue weighted by Gasteiger charge is 2.06. The number of benzene rings is 1. The highest BCUT2D eigenvalue weighted by molar-refractivity contribution is 7.12. The summed E-state index contributed by atoms with van der Waals surface area (Å²) in [4.78, 5) is 16.8. The van der Waals surface area contributed by atoms with Gasteiger partial charge in [-0.2, -0.15) is 0 Å². The highest BCUT2D eigenvalue weighted by Crippen LogP contribution is 2.18. The van der Waals surface area contributed by atoms with E-state index >= 15 is 0 Å². The summed E-state index contributed by atoms with van der Waals surface area (Å²) in [5.41, 5.74) is 0.310. The molecule has 0 aliphatic carbocycles. The van der Waals surface area contributed by atoms with E-state index in [1.54, 1.807) is 30.5 Å². The number of phenolic OH excluding ortho intramolecular Hbond substituents is 1. The van der Waals surface area contributed by atoms with Gasteiger partial charge in [0.2, 0.25) is 0 Å². The summed E-state index contributed by atoms with van der Waals surface area (Å²) in [5, 5.41) is 10.5. The van der Waals surface area contributed by atoms with Gasteiger partial charge in [0.25, 0.3) is 0 Å². The zero-order chi connectivity index (χ0) is 12.3. The fourth-order valence-corrected chi connectivity index (χ4v) is 2.07. The van der Waals surface area contributed by atoms with Crippen molar-refractivity contribution in [3.63, 3.8) is 0 Å². The number of aryl methyl sites for hydroxylation is 1. The van der Waals surface area contributed by atoms with Crippen molar-refractivity contribution in [2.75, 3.05) is 0 Å². The number of allylic oxidation sites excluding steroid dienone is 1. The minimum absolute atomic E-state index is 0.00244. The maximum atomic E-state index is 11.8. The minimum atomic E-state index is -0.214. The van der Waals surface area contributed by atoms with Crippen LogP contribution in [0.3, 0.4) is 0 Å². The number of para-hydroxylation sites is 1. The third-order valence-corrected chi connectivity index (χ3v) is 3.09. The molecule has 86 valence electrons. The number of nitrogens with zero attached hydrogens (tertiary/aromatic N) is 1. The number of thiazole rings is 1. The lowest BCUT2D eigenvalue weighted by atomic mass is 10.1. The molecule has 2 aromatic rings. The molecule has 2 rings (SSSR count). The van der Waals surface area contributed by atoms with Crippen LogP contribution in [0.2, 0.25) is 0 Å². The summed E-state index contributed by atoms with van der Waals surface area (Å²) >= 11 is 1.52. The molecule has 1 N–H and O–H groups in total. The molecule has 17 heavy (non-hydrogen) atoms. The van der Waals surface area contributed by atoms with Crippen LogP contribution in [-0.4, -0.2) is 15.9 Å². The Kier molecular flexibility index (Phi) is 3.35. The first kappa shape index (κ1) is 11.5. The lowest BCUT2D eigenvalue weighted by Gasteiger charge is -1.98. The second kappa shape index (κ2) is 4.93. The Hall–Kier alpha value is -1.94. The maximum absolute atomic E-state index is 11.8. The van der Waals surface area contributed by atoms with Gasteiger partial charge in [-0.05, 0) is 31.2 Å². The summed E-state index contributed by atoms with van der Waals surface area (Å²) in [5.74, 6) is -0.211. The fourth-order valence-electron chi connectivity index (χ4n) is 1.38. The third-order valence-electron chi connectivity index (χ3n) is 2.21. The zero-order valence-corrected chi connectivity index (χ0v) is 10.1. The molecule has 0 atom stereocenters. The number of rotatable bonds is 3. The number of carbonyl (C=O) groups is 1. The van der Waals surface area contributed by atoms with Crippen LogP contribution in [0, 0.1) is 6.92 Å². The van der Waals surface area contributed by atoms with Crippen molar-refractivity contribution < 1.29 is 9.90 Å². The molecule has 0 spiro atoms.